The van der Waals surface area contributed by atoms with Crippen LogP contribution < -0.4 is 4.72 Å². The highest BCUT2D eigenvalue weighted by molar-refractivity contribution is 9.10. The lowest BCUT2D eigenvalue weighted by atomic mass is 10.0. The molecule has 0 aliphatic carbocycles. The van der Waals surface area contributed by atoms with Crippen molar-refractivity contribution >= 4 is 26.0 Å². The van der Waals surface area contributed by atoms with Gasteiger partial charge in [0.15, 0.2) is 4.60 Å². The largest absolute Gasteiger partial charge is 0.261 e. The molecule has 1 aromatic heterocycles. The average molecular weight is 311 g/mol. The highest BCUT2D eigenvalue weighted by Gasteiger charge is 2.29. The summed E-state index contributed by atoms with van der Waals surface area (Å²) in [6.45, 7) is 5.56. The molecule has 0 radical (unpaired) electrons. The molecule has 0 aliphatic rings. The molecule has 1 aromatic rings. The molecule has 0 saturated heterocycles. The predicted molar refractivity (Wildman–Crippen MR) is 63.4 cm³/mol. The molecule has 0 atom stereocenters. The van der Waals surface area contributed by atoms with Gasteiger partial charge in [-0.25, -0.2) is 17.8 Å². The minimum Gasteiger partial charge on any atom is -0.235 e. The number of nitrogens with one attached hydrogen (secondary N) is 1. The van der Waals surface area contributed by atoms with Crippen LogP contribution in [0.1, 0.15) is 27.2 Å². The summed E-state index contributed by atoms with van der Waals surface area (Å²) in [7, 11) is -2.07. The number of halogens is 1. The summed E-state index contributed by atoms with van der Waals surface area (Å²) >= 11 is 3.07. The number of aryl methyl sites for hydroxylation is 1. The minimum atomic E-state index is -3.61. The van der Waals surface area contributed by atoms with E-state index in [9.17, 15) is 8.42 Å². The highest BCUT2D eigenvalue weighted by atomic mass is 79.9. The Hall–Kier alpha value is -0.470. The molecule has 0 saturated carbocycles. The van der Waals surface area contributed by atoms with Crippen LogP contribution in [0.3, 0.4) is 0 Å². The van der Waals surface area contributed by atoms with Gasteiger partial charge < -0.3 is 0 Å². The Balaban J connectivity index is 3.14. The van der Waals surface area contributed by atoms with Gasteiger partial charge in [0.2, 0.25) is 5.03 Å². The first-order valence-corrected chi connectivity index (χ1v) is 7.06. The molecular weight excluding hydrogens is 296 g/mol. The van der Waals surface area contributed by atoms with Crippen molar-refractivity contribution in [3.05, 3.63) is 4.60 Å². The fraction of sp³-hybridized carbons (Fsp3) is 0.750. The summed E-state index contributed by atoms with van der Waals surface area (Å²) < 4.78 is 28.2. The lowest BCUT2D eigenvalue weighted by Gasteiger charge is -2.23. The van der Waals surface area contributed by atoms with Crippen molar-refractivity contribution in [2.45, 2.75) is 37.8 Å². The van der Waals surface area contributed by atoms with Crippen molar-refractivity contribution in [1.82, 2.24) is 19.7 Å². The SMILES string of the molecule is CCC(C)(C)NS(=O)(=O)c1c(Br)nnn1C. The Morgan fingerprint density at radius 3 is 2.44 bits per heavy atom. The first-order valence-electron chi connectivity index (χ1n) is 4.79. The molecule has 0 aromatic carbocycles. The van der Waals surface area contributed by atoms with Crippen LogP contribution in [-0.4, -0.2) is 29.0 Å². The monoisotopic (exact) mass is 310 g/mol. The van der Waals surface area contributed by atoms with Gasteiger partial charge in [0.1, 0.15) is 0 Å². The lowest BCUT2D eigenvalue weighted by Crippen LogP contribution is -2.43. The maximum atomic E-state index is 12.1. The van der Waals surface area contributed by atoms with Crippen LogP contribution in [0.4, 0.5) is 0 Å². The Morgan fingerprint density at radius 1 is 1.50 bits per heavy atom. The topological polar surface area (TPSA) is 76.9 Å². The zero-order chi connectivity index (χ0) is 12.6. The standard InChI is InChI=1S/C8H15BrN4O2S/c1-5-8(2,3)11-16(14,15)7-6(9)10-12-13(7)4/h11H,5H2,1-4H3. The zero-order valence-electron chi connectivity index (χ0n) is 9.65. The maximum Gasteiger partial charge on any atom is 0.261 e. The van der Waals surface area contributed by atoms with Crippen LogP contribution in [0.15, 0.2) is 9.63 Å². The van der Waals surface area contributed by atoms with Gasteiger partial charge in [0.25, 0.3) is 10.0 Å². The fourth-order valence-electron chi connectivity index (χ4n) is 1.09. The van der Waals surface area contributed by atoms with Gasteiger partial charge in [0.05, 0.1) is 0 Å². The summed E-state index contributed by atoms with van der Waals surface area (Å²) in [4.78, 5) is 0. The van der Waals surface area contributed by atoms with E-state index in [0.717, 1.165) is 0 Å². The first kappa shape index (κ1) is 13.6. The second-order valence-corrected chi connectivity index (χ2v) is 6.50. The van der Waals surface area contributed by atoms with Crippen LogP contribution >= 0.6 is 15.9 Å². The second-order valence-electron chi connectivity index (χ2n) is 4.15. The summed E-state index contributed by atoms with van der Waals surface area (Å²) in [5.41, 5.74) is -0.497. The molecule has 1 N–H and O–H groups in total. The normalized spacial score (nSPS) is 13.1. The van der Waals surface area contributed by atoms with E-state index >= 15 is 0 Å². The summed E-state index contributed by atoms with van der Waals surface area (Å²) in [6, 6.07) is 0. The zero-order valence-corrected chi connectivity index (χ0v) is 12.1. The van der Waals surface area contributed by atoms with E-state index in [0.29, 0.717) is 6.42 Å². The van der Waals surface area contributed by atoms with Gasteiger partial charge in [-0.2, -0.15) is 0 Å². The molecule has 0 amide bonds. The lowest BCUT2D eigenvalue weighted by molar-refractivity contribution is 0.436. The number of rotatable bonds is 4. The van der Waals surface area contributed by atoms with Gasteiger partial charge in [0, 0.05) is 12.6 Å². The third-order valence-electron chi connectivity index (χ3n) is 2.29. The van der Waals surface area contributed by atoms with Crippen LogP contribution in [-0.2, 0) is 17.1 Å². The van der Waals surface area contributed by atoms with Gasteiger partial charge in [-0.15, -0.1) is 5.10 Å². The molecule has 0 spiro atoms. The van der Waals surface area contributed by atoms with Crippen molar-refractivity contribution in [3.8, 4) is 0 Å². The molecule has 0 bridgehead atoms. The van der Waals surface area contributed by atoms with Crippen molar-refractivity contribution in [2.24, 2.45) is 7.05 Å². The van der Waals surface area contributed by atoms with Gasteiger partial charge in [-0.3, -0.25) is 0 Å². The van der Waals surface area contributed by atoms with E-state index in [1.165, 1.54) is 11.7 Å². The highest BCUT2D eigenvalue weighted by Crippen LogP contribution is 2.20. The van der Waals surface area contributed by atoms with Crippen molar-refractivity contribution < 1.29 is 8.42 Å². The molecule has 0 unspecified atom stereocenters. The smallest absolute Gasteiger partial charge is 0.235 e. The molecule has 0 fully saturated rings. The number of aromatic nitrogens is 3. The molecule has 6 nitrogen and oxygen atoms in total. The first-order chi connectivity index (χ1) is 7.19. The number of hydrogen-bond donors (Lipinski definition) is 1. The maximum absolute atomic E-state index is 12.1. The molecule has 1 heterocycles. The van der Waals surface area contributed by atoms with Crippen LogP contribution in [0, 0.1) is 0 Å². The Labute approximate surface area is 104 Å². The third kappa shape index (κ3) is 2.80. The molecule has 92 valence electrons. The van der Waals surface area contributed by atoms with Crippen molar-refractivity contribution in [3.63, 3.8) is 0 Å². The molecule has 0 aliphatic heterocycles. The van der Waals surface area contributed by atoms with Gasteiger partial charge in [-0.1, -0.05) is 12.1 Å². The van der Waals surface area contributed by atoms with Crippen LogP contribution in [0.25, 0.3) is 0 Å². The number of sulfonamides is 1. The molecule has 1 rings (SSSR count). The average Bonchev–Trinajstić information content (AvgIpc) is 2.44. The van der Waals surface area contributed by atoms with E-state index in [4.69, 9.17) is 0 Å². The summed E-state index contributed by atoms with van der Waals surface area (Å²) in [6.07, 6.45) is 0.690. The number of hydrogen-bond acceptors (Lipinski definition) is 4. The molecule has 8 heteroatoms. The third-order valence-corrected chi connectivity index (χ3v) is 4.87. The van der Waals surface area contributed by atoms with Crippen molar-refractivity contribution in [1.29, 1.82) is 0 Å². The van der Waals surface area contributed by atoms with Gasteiger partial charge >= 0.3 is 0 Å². The number of nitrogens with zero attached hydrogens (tertiary/aromatic N) is 3. The Bertz CT molecular complexity index is 461. The van der Waals surface area contributed by atoms with Crippen molar-refractivity contribution in [2.75, 3.05) is 0 Å². The molecular formula is C8H15BrN4O2S. The quantitative estimate of drug-likeness (QED) is 0.901. The fourth-order valence-corrected chi connectivity index (χ4v) is 3.67. The van der Waals surface area contributed by atoms with E-state index in [1.54, 1.807) is 0 Å². The van der Waals surface area contributed by atoms with E-state index in [1.807, 2.05) is 20.8 Å². The predicted octanol–water partition coefficient (Wildman–Crippen LogP) is 1.04. The Morgan fingerprint density at radius 2 is 2.06 bits per heavy atom. The second kappa shape index (κ2) is 4.42. The Kier molecular flexibility index (Phi) is 3.76. The summed E-state index contributed by atoms with van der Waals surface area (Å²) in [5, 5.41) is 7.32. The van der Waals surface area contributed by atoms with Crippen LogP contribution in [0.2, 0.25) is 0 Å². The van der Waals surface area contributed by atoms with E-state index < -0.39 is 15.6 Å². The van der Waals surface area contributed by atoms with Crippen LogP contribution in [0.5, 0.6) is 0 Å². The van der Waals surface area contributed by atoms with E-state index in [-0.39, 0.29) is 9.63 Å². The van der Waals surface area contributed by atoms with Gasteiger partial charge in [-0.05, 0) is 36.2 Å². The molecule has 16 heavy (non-hydrogen) atoms. The minimum absolute atomic E-state index is 0.0361. The summed E-state index contributed by atoms with van der Waals surface area (Å²) in [5.74, 6) is 0. The van der Waals surface area contributed by atoms with E-state index in [2.05, 4.69) is 31.0 Å².